The molecule has 0 aromatic heterocycles. The number of benzene rings is 1. The normalized spacial score (nSPS) is 18.2. The summed E-state index contributed by atoms with van der Waals surface area (Å²) >= 11 is 0. The molecule has 0 heterocycles. The van der Waals surface area contributed by atoms with E-state index < -0.39 is 0 Å². The SMILES string of the molecule is CNC(CC1CCC1)c1ccc(F)cc1C. The lowest BCUT2D eigenvalue weighted by Crippen LogP contribution is -2.23. The van der Waals surface area contributed by atoms with Gasteiger partial charge in [-0.3, -0.25) is 0 Å². The standard InChI is InChI=1S/C14H20FN/c1-10-8-12(15)6-7-13(10)14(16-2)9-11-4-3-5-11/h6-8,11,14,16H,3-5,9H2,1-2H3. The van der Waals surface area contributed by atoms with Gasteiger partial charge < -0.3 is 5.32 Å². The number of hydrogen-bond acceptors (Lipinski definition) is 1. The number of nitrogens with one attached hydrogen (secondary N) is 1. The molecular formula is C14H20FN. The molecule has 2 rings (SSSR count). The van der Waals surface area contributed by atoms with Gasteiger partial charge in [0.05, 0.1) is 0 Å². The van der Waals surface area contributed by atoms with Crippen LogP contribution in [0.5, 0.6) is 0 Å². The van der Waals surface area contributed by atoms with Crippen molar-refractivity contribution >= 4 is 0 Å². The summed E-state index contributed by atoms with van der Waals surface area (Å²) in [7, 11) is 1.99. The van der Waals surface area contributed by atoms with Crippen LogP contribution < -0.4 is 5.32 Å². The summed E-state index contributed by atoms with van der Waals surface area (Å²) < 4.78 is 13.0. The van der Waals surface area contributed by atoms with Gasteiger partial charge in [0.1, 0.15) is 5.82 Å². The zero-order valence-electron chi connectivity index (χ0n) is 10.1. The summed E-state index contributed by atoms with van der Waals surface area (Å²) in [6.07, 6.45) is 5.28. The predicted octanol–water partition coefficient (Wildman–Crippen LogP) is 3.58. The minimum atomic E-state index is -0.139. The number of aryl methyl sites for hydroxylation is 1. The van der Waals surface area contributed by atoms with Crippen LogP contribution >= 0.6 is 0 Å². The molecule has 2 heteroatoms. The Morgan fingerprint density at radius 1 is 1.44 bits per heavy atom. The smallest absolute Gasteiger partial charge is 0.123 e. The molecule has 1 saturated carbocycles. The van der Waals surface area contributed by atoms with E-state index in [4.69, 9.17) is 0 Å². The highest BCUT2D eigenvalue weighted by atomic mass is 19.1. The van der Waals surface area contributed by atoms with Crippen molar-refractivity contribution in [3.63, 3.8) is 0 Å². The molecule has 1 aromatic rings. The van der Waals surface area contributed by atoms with Crippen LogP contribution in [0.1, 0.15) is 42.9 Å². The van der Waals surface area contributed by atoms with Gasteiger partial charge in [0.15, 0.2) is 0 Å². The number of rotatable bonds is 4. The monoisotopic (exact) mass is 221 g/mol. The van der Waals surface area contributed by atoms with E-state index in [0.717, 1.165) is 11.5 Å². The molecule has 0 amide bonds. The van der Waals surface area contributed by atoms with Crippen molar-refractivity contribution in [2.75, 3.05) is 7.05 Å². The molecule has 0 saturated heterocycles. The van der Waals surface area contributed by atoms with Gasteiger partial charge in [0.2, 0.25) is 0 Å². The van der Waals surface area contributed by atoms with Gasteiger partial charge in [0, 0.05) is 6.04 Å². The van der Waals surface area contributed by atoms with E-state index in [9.17, 15) is 4.39 Å². The van der Waals surface area contributed by atoms with Crippen LogP contribution in [-0.2, 0) is 0 Å². The molecule has 0 radical (unpaired) electrons. The Hall–Kier alpha value is -0.890. The fourth-order valence-electron chi connectivity index (χ4n) is 2.49. The number of hydrogen-bond donors (Lipinski definition) is 1. The molecule has 0 aliphatic heterocycles. The van der Waals surface area contributed by atoms with E-state index in [2.05, 4.69) is 5.32 Å². The molecule has 1 aliphatic carbocycles. The van der Waals surface area contributed by atoms with Gasteiger partial charge in [-0.15, -0.1) is 0 Å². The van der Waals surface area contributed by atoms with E-state index >= 15 is 0 Å². The van der Waals surface area contributed by atoms with E-state index in [1.807, 2.05) is 20.0 Å². The molecule has 1 nitrogen and oxygen atoms in total. The van der Waals surface area contributed by atoms with Crippen LogP contribution in [-0.4, -0.2) is 7.05 Å². The first kappa shape index (κ1) is 11.6. The lowest BCUT2D eigenvalue weighted by molar-refractivity contribution is 0.265. The van der Waals surface area contributed by atoms with Crippen molar-refractivity contribution < 1.29 is 4.39 Å². The minimum Gasteiger partial charge on any atom is -0.313 e. The Balaban J connectivity index is 2.11. The van der Waals surface area contributed by atoms with Crippen LogP contribution in [0, 0.1) is 18.7 Å². The highest BCUT2D eigenvalue weighted by Gasteiger charge is 2.22. The maximum Gasteiger partial charge on any atom is 0.123 e. The zero-order valence-corrected chi connectivity index (χ0v) is 10.1. The first-order chi connectivity index (χ1) is 7.70. The second kappa shape index (κ2) is 4.96. The first-order valence-corrected chi connectivity index (χ1v) is 6.14. The summed E-state index contributed by atoms with van der Waals surface area (Å²) in [6.45, 7) is 1.99. The van der Waals surface area contributed by atoms with Gasteiger partial charge in [0.25, 0.3) is 0 Å². The molecule has 1 atom stereocenters. The quantitative estimate of drug-likeness (QED) is 0.819. The summed E-state index contributed by atoms with van der Waals surface area (Å²) in [4.78, 5) is 0. The summed E-state index contributed by atoms with van der Waals surface area (Å²) in [5.74, 6) is 0.724. The summed E-state index contributed by atoms with van der Waals surface area (Å²) in [5, 5.41) is 3.36. The Bertz CT molecular complexity index is 358. The summed E-state index contributed by atoms with van der Waals surface area (Å²) in [5.41, 5.74) is 2.30. The summed E-state index contributed by atoms with van der Waals surface area (Å²) in [6, 6.07) is 5.49. The topological polar surface area (TPSA) is 12.0 Å². The van der Waals surface area contributed by atoms with E-state index in [1.54, 1.807) is 12.1 Å². The fourth-order valence-corrected chi connectivity index (χ4v) is 2.49. The lowest BCUT2D eigenvalue weighted by Gasteiger charge is -2.30. The fraction of sp³-hybridized carbons (Fsp3) is 0.571. The molecule has 0 spiro atoms. The molecular weight excluding hydrogens is 201 g/mol. The Morgan fingerprint density at radius 2 is 2.19 bits per heavy atom. The molecule has 1 aliphatic rings. The third-order valence-corrected chi connectivity index (χ3v) is 3.75. The highest BCUT2D eigenvalue weighted by Crippen LogP contribution is 2.35. The van der Waals surface area contributed by atoms with Gasteiger partial charge in [-0.05, 0) is 49.6 Å². The van der Waals surface area contributed by atoms with Gasteiger partial charge in [-0.2, -0.15) is 0 Å². The van der Waals surface area contributed by atoms with Crippen LogP contribution in [0.4, 0.5) is 4.39 Å². The van der Waals surface area contributed by atoms with Crippen LogP contribution in [0.3, 0.4) is 0 Å². The Morgan fingerprint density at radius 3 is 2.69 bits per heavy atom. The first-order valence-electron chi connectivity index (χ1n) is 6.14. The van der Waals surface area contributed by atoms with Crippen LogP contribution in [0.2, 0.25) is 0 Å². The highest BCUT2D eigenvalue weighted by molar-refractivity contribution is 5.29. The van der Waals surface area contributed by atoms with Gasteiger partial charge in [-0.1, -0.05) is 25.3 Å². The van der Waals surface area contributed by atoms with Crippen molar-refractivity contribution in [2.45, 2.75) is 38.6 Å². The van der Waals surface area contributed by atoms with Crippen molar-refractivity contribution in [2.24, 2.45) is 5.92 Å². The Kier molecular flexibility index (Phi) is 3.59. The predicted molar refractivity (Wildman–Crippen MR) is 64.9 cm³/mol. The maximum absolute atomic E-state index is 13.0. The molecule has 0 bridgehead atoms. The van der Waals surface area contributed by atoms with E-state index in [-0.39, 0.29) is 5.82 Å². The second-order valence-corrected chi connectivity index (χ2v) is 4.87. The second-order valence-electron chi connectivity index (χ2n) is 4.87. The molecule has 88 valence electrons. The molecule has 16 heavy (non-hydrogen) atoms. The van der Waals surface area contributed by atoms with Crippen LogP contribution in [0.25, 0.3) is 0 Å². The zero-order chi connectivity index (χ0) is 11.5. The number of halogens is 1. The largest absolute Gasteiger partial charge is 0.313 e. The lowest BCUT2D eigenvalue weighted by atomic mass is 9.79. The van der Waals surface area contributed by atoms with Gasteiger partial charge in [-0.25, -0.2) is 4.39 Å². The average molecular weight is 221 g/mol. The van der Waals surface area contributed by atoms with E-state index in [0.29, 0.717) is 6.04 Å². The third kappa shape index (κ3) is 2.43. The maximum atomic E-state index is 13.0. The average Bonchev–Trinajstić information content (AvgIpc) is 2.18. The van der Waals surface area contributed by atoms with Gasteiger partial charge >= 0.3 is 0 Å². The van der Waals surface area contributed by atoms with Crippen molar-refractivity contribution in [3.8, 4) is 0 Å². The van der Waals surface area contributed by atoms with Crippen molar-refractivity contribution in [1.29, 1.82) is 0 Å². The molecule has 1 N–H and O–H groups in total. The molecule has 1 aromatic carbocycles. The van der Waals surface area contributed by atoms with Crippen LogP contribution in [0.15, 0.2) is 18.2 Å². The third-order valence-electron chi connectivity index (χ3n) is 3.75. The van der Waals surface area contributed by atoms with Crippen molar-refractivity contribution in [3.05, 3.63) is 35.1 Å². The van der Waals surface area contributed by atoms with Crippen molar-refractivity contribution in [1.82, 2.24) is 5.32 Å². The minimum absolute atomic E-state index is 0.139. The Labute approximate surface area is 97.1 Å². The molecule has 1 unspecified atom stereocenters. The van der Waals surface area contributed by atoms with E-state index in [1.165, 1.54) is 31.2 Å². The molecule has 1 fully saturated rings.